The van der Waals surface area contributed by atoms with E-state index in [1.54, 1.807) is 6.92 Å². The highest BCUT2D eigenvalue weighted by Gasteiger charge is 2.30. The van der Waals surface area contributed by atoms with Gasteiger partial charge in [0, 0.05) is 15.0 Å². The van der Waals surface area contributed by atoms with Gasteiger partial charge < -0.3 is 5.73 Å². The van der Waals surface area contributed by atoms with Crippen LogP contribution in [0.25, 0.3) is 10.1 Å². The van der Waals surface area contributed by atoms with Crippen molar-refractivity contribution in [2.75, 3.05) is 5.73 Å². The number of nitrogens with two attached hydrogens (primary N) is 1. The SMILES string of the molecule is Cc1sc2cc(C(F)(F)F)ccc2c1N. The van der Waals surface area contributed by atoms with Gasteiger partial charge in [-0.1, -0.05) is 6.07 Å². The summed E-state index contributed by atoms with van der Waals surface area (Å²) in [6.45, 7) is 1.80. The van der Waals surface area contributed by atoms with Crippen LogP contribution < -0.4 is 5.73 Å². The number of benzene rings is 1. The fourth-order valence-corrected chi connectivity index (χ4v) is 2.44. The molecule has 1 heterocycles. The molecule has 2 rings (SSSR count). The number of aryl methyl sites for hydroxylation is 1. The molecule has 0 fully saturated rings. The molecule has 0 aliphatic rings. The van der Waals surface area contributed by atoms with Crippen molar-refractivity contribution in [1.82, 2.24) is 0 Å². The summed E-state index contributed by atoms with van der Waals surface area (Å²) in [5.74, 6) is 0. The van der Waals surface area contributed by atoms with Crippen molar-refractivity contribution in [1.29, 1.82) is 0 Å². The molecule has 0 aliphatic heterocycles. The Hall–Kier alpha value is -1.23. The van der Waals surface area contributed by atoms with E-state index < -0.39 is 11.7 Å². The van der Waals surface area contributed by atoms with Crippen molar-refractivity contribution in [3.05, 3.63) is 28.6 Å². The molecular weight excluding hydrogens is 223 g/mol. The molecule has 0 spiro atoms. The van der Waals surface area contributed by atoms with Gasteiger partial charge in [-0.2, -0.15) is 13.2 Å². The minimum Gasteiger partial charge on any atom is -0.397 e. The summed E-state index contributed by atoms with van der Waals surface area (Å²) in [5, 5.41) is 0.700. The van der Waals surface area contributed by atoms with E-state index in [2.05, 4.69) is 0 Å². The van der Waals surface area contributed by atoms with Gasteiger partial charge in [-0.05, 0) is 19.1 Å². The van der Waals surface area contributed by atoms with E-state index in [1.807, 2.05) is 0 Å². The average Bonchev–Trinajstić information content (AvgIpc) is 2.41. The molecule has 0 unspecified atom stereocenters. The van der Waals surface area contributed by atoms with Gasteiger partial charge in [0.25, 0.3) is 0 Å². The Morgan fingerprint density at radius 3 is 2.53 bits per heavy atom. The van der Waals surface area contributed by atoms with Crippen molar-refractivity contribution in [2.24, 2.45) is 0 Å². The van der Waals surface area contributed by atoms with Crippen LogP contribution in [-0.2, 0) is 6.18 Å². The van der Waals surface area contributed by atoms with E-state index in [0.717, 1.165) is 17.0 Å². The predicted molar refractivity (Wildman–Crippen MR) is 56.0 cm³/mol. The van der Waals surface area contributed by atoms with E-state index >= 15 is 0 Å². The van der Waals surface area contributed by atoms with Crippen molar-refractivity contribution in [2.45, 2.75) is 13.1 Å². The molecule has 0 radical (unpaired) electrons. The lowest BCUT2D eigenvalue weighted by molar-refractivity contribution is -0.137. The highest BCUT2D eigenvalue weighted by Crippen LogP contribution is 2.37. The van der Waals surface area contributed by atoms with Crippen LogP contribution in [0.3, 0.4) is 0 Å². The van der Waals surface area contributed by atoms with Crippen LogP contribution in [0, 0.1) is 6.92 Å². The number of fused-ring (bicyclic) bond motifs is 1. The molecule has 1 aromatic carbocycles. The monoisotopic (exact) mass is 231 g/mol. The molecule has 15 heavy (non-hydrogen) atoms. The third kappa shape index (κ3) is 1.67. The first-order chi connectivity index (χ1) is 6.89. The van der Waals surface area contributed by atoms with Crippen LogP contribution in [-0.4, -0.2) is 0 Å². The molecule has 0 amide bonds. The Morgan fingerprint density at radius 1 is 1.27 bits per heavy atom. The van der Waals surface area contributed by atoms with Gasteiger partial charge in [0.05, 0.1) is 11.3 Å². The van der Waals surface area contributed by atoms with Gasteiger partial charge >= 0.3 is 6.18 Å². The summed E-state index contributed by atoms with van der Waals surface area (Å²) in [5.41, 5.74) is 5.67. The third-order valence-corrected chi connectivity index (χ3v) is 3.33. The maximum absolute atomic E-state index is 12.4. The van der Waals surface area contributed by atoms with Gasteiger partial charge in [-0.25, -0.2) is 0 Å². The smallest absolute Gasteiger partial charge is 0.397 e. The molecule has 0 atom stereocenters. The molecule has 80 valence electrons. The van der Waals surface area contributed by atoms with Gasteiger partial charge in [0.15, 0.2) is 0 Å². The van der Waals surface area contributed by atoms with Crippen molar-refractivity contribution in [3.63, 3.8) is 0 Å². The zero-order valence-electron chi connectivity index (χ0n) is 7.85. The van der Waals surface area contributed by atoms with Gasteiger partial charge in [-0.3, -0.25) is 0 Å². The number of halogens is 3. The fraction of sp³-hybridized carbons (Fsp3) is 0.200. The van der Waals surface area contributed by atoms with Gasteiger partial charge in [0.2, 0.25) is 0 Å². The number of anilines is 1. The minimum absolute atomic E-state index is 0.573. The third-order valence-electron chi connectivity index (χ3n) is 2.24. The lowest BCUT2D eigenvalue weighted by Crippen LogP contribution is -2.03. The quantitative estimate of drug-likeness (QED) is 0.733. The van der Waals surface area contributed by atoms with Crippen LogP contribution in [0.5, 0.6) is 0 Å². The second-order valence-corrected chi connectivity index (χ2v) is 4.54. The summed E-state index contributed by atoms with van der Waals surface area (Å²) in [6.07, 6.45) is -4.29. The van der Waals surface area contributed by atoms with Crippen LogP contribution in [0.2, 0.25) is 0 Å². The van der Waals surface area contributed by atoms with Gasteiger partial charge in [-0.15, -0.1) is 11.3 Å². The van der Waals surface area contributed by atoms with Crippen molar-refractivity contribution in [3.8, 4) is 0 Å². The molecular formula is C10H8F3NS. The number of hydrogen-bond donors (Lipinski definition) is 1. The number of thiophene rings is 1. The van der Waals surface area contributed by atoms with Crippen molar-refractivity contribution < 1.29 is 13.2 Å². The summed E-state index contributed by atoms with van der Waals surface area (Å²) in [6, 6.07) is 3.63. The summed E-state index contributed by atoms with van der Waals surface area (Å²) >= 11 is 1.28. The number of alkyl halides is 3. The van der Waals surface area contributed by atoms with Gasteiger partial charge in [0.1, 0.15) is 0 Å². The normalized spacial score (nSPS) is 12.3. The second kappa shape index (κ2) is 3.13. The maximum atomic E-state index is 12.4. The first kappa shape index (κ1) is 10.3. The Morgan fingerprint density at radius 2 is 1.93 bits per heavy atom. The number of hydrogen-bond acceptors (Lipinski definition) is 2. The molecule has 0 bridgehead atoms. The Labute approximate surface area is 88.3 Å². The largest absolute Gasteiger partial charge is 0.416 e. The molecule has 0 saturated carbocycles. The molecule has 2 aromatic rings. The number of rotatable bonds is 0. The van der Waals surface area contributed by atoms with E-state index in [-0.39, 0.29) is 0 Å². The van der Waals surface area contributed by atoms with Crippen LogP contribution in [0.4, 0.5) is 18.9 Å². The second-order valence-electron chi connectivity index (χ2n) is 3.28. The standard InChI is InChI=1S/C10H8F3NS/c1-5-9(14)7-3-2-6(10(11,12)13)4-8(7)15-5/h2-4H,14H2,1H3. The molecule has 0 saturated heterocycles. The summed E-state index contributed by atoms with van der Waals surface area (Å²) < 4.78 is 37.8. The Kier molecular flexibility index (Phi) is 2.15. The van der Waals surface area contributed by atoms with Crippen LogP contribution in [0.1, 0.15) is 10.4 Å². The molecule has 1 aromatic heterocycles. The minimum atomic E-state index is -4.29. The Balaban J connectivity index is 2.67. The Bertz CT molecular complexity index is 513. The van der Waals surface area contributed by atoms with E-state index in [9.17, 15) is 13.2 Å². The van der Waals surface area contributed by atoms with Crippen molar-refractivity contribution >= 4 is 27.1 Å². The molecule has 1 nitrogen and oxygen atoms in total. The average molecular weight is 231 g/mol. The van der Waals surface area contributed by atoms with E-state index in [1.165, 1.54) is 17.4 Å². The van der Waals surface area contributed by atoms with Crippen LogP contribution in [0.15, 0.2) is 18.2 Å². The zero-order valence-corrected chi connectivity index (χ0v) is 8.67. The highest BCUT2D eigenvalue weighted by atomic mass is 32.1. The lowest BCUT2D eigenvalue weighted by Gasteiger charge is -2.05. The lowest BCUT2D eigenvalue weighted by atomic mass is 10.1. The molecule has 2 N–H and O–H groups in total. The first-order valence-corrected chi connectivity index (χ1v) is 5.07. The predicted octanol–water partition coefficient (Wildman–Crippen LogP) is 3.81. The van der Waals surface area contributed by atoms with Crippen LogP contribution >= 0.6 is 11.3 Å². The zero-order chi connectivity index (χ0) is 11.2. The highest BCUT2D eigenvalue weighted by molar-refractivity contribution is 7.19. The summed E-state index contributed by atoms with van der Waals surface area (Å²) in [4.78, 5) is 0.851. The van der Waals surface area contributed by atoms with E-state index in [4.69, 9.17) is 5.73 Å². The number of nitrogen functional groups attached to an aromatic ring is 1. The molecule has 5 heteroatoms. The fourth-order valence-electron chi connectivity index (χ4n) is 1.42. The summed E-state index contributed by atoms with van der Waals surface area (Å²) in [7, 11) is 0. The first-order valence-electron chi connectivity index (χ1n) is 4.25. The van der Waals surface area contributed by atoms with E-state index in [0.29, 0.717) is 15.8 Å². The molecule has 0 aliphatic carbocycles. The maximum Gasteiger partial charge on any atom is 0.416 e. The topological polar surface area (TPSA) is 26.0 Å².